The number of aromatic nitrogens is 2. The molecule has 34 heavy (non-hydrogen) atoms. The number of nitrogens with zero attached hydrogens (tertiary/aromatic N) is 3. The van der Waals surface area contributed by atoms with Crippen molar-refractivity contribution in [3.05, 3.63) is 111 Å². The summed E-state index contributed by atoms with van der Waals surface area (Å²) in [5.41, 5.74) is 0.319. The Morgan fingerprint density at radius 3 is 2.38 bits per heavy atom. The molecule has 3 aromatic carbocycles. The van der Waals surface area contributed by atoms with Crippen LogP contribution in [0.4, 0.5) is 5.69 Å². The SMILES string of the molecule is CC(OC(=O)c1ccccc1C(=O)c1ccc(Cl)c([N+](=O)[O-])c1)c1nnc(-c2ccccc2)o1. The number of hydrogen-bond acceptors (Lipinski definition) is 8. The second-order valence-corrected chi connectivity index (χ2v) is 7.56. The van der Waals surface area contributed by atoms with Gasteiger partial charge in [0.05, 0.1) is 10.5 Å². The Labute approximate surface area is 198 Å². The number of halogens is 1. The third kappa shape index (κ3) is 4.69. The van der Waals surface area contributed by atoms with Crippen LogP contribution in [0.25, 0.3) is 11.5 Å². The van der Waals surface area contributed by atoms with Crippen LogP contribution in [-0.2, 0) is 4.74 Å². The summed E-state index contributed by atoms with van der Waals surface area (Å²) in [4.78, 5) is 36.4. The molecule has 1 aromatic heterocycles. The minimum atomic E-state index is -0.891. The van der Waals surface area contributed by atoms with Crippen LogP contribution < -0.4 is 0 Å². The van der Waals surface area contributed by atoms with Gasteiger partial charge in [-0.15, -0.1) is 10.2 Å². The summed E-state index contributed by atoms with van der Waals surface area (Å²) in [5, 5.41) is 19.0. The maximum atomic E-state index is 13.1. The van der Waals surface area contributed by atoms with E-state index in [4.69, 9.17) is 20.8 Å². The monoisotopic (exact) mass is 477 g/mol. The molecule has 0 saturated heterocycles. The second-order valence-electron chi connectivity index (χ2n) is 7.16. The average Bonchev–Trinajstić information content (AvgIpc) is 3.35. The zero-order valence-electron chi connectivity index (χ0n) is 17.7. The normalized spacial score (nSPS) is 11.6. The first-order valence-corrected chi connectivity index (χ1v) is 10.4. The van der Waals surface area contributed by atoms with Gasteiger partial charge in [-0.25, -0.2) is 4.79 Å². The summed E-state index contributed by atoms with van der Waals surface area (Å²) >= 11 is 5.83. The van der Waals surface area contributed by atoms with Gasteiger partial charge in [-0.05, 0) is 37.3 Å². The van der Waals surface area contributed by atoms with Crippen molar-refractivity contribution in [3.63, 3.8) is 0 Å². The molecule has 1 heterocycles. The summed E-state index contributed by atoms with van der Waals surface area (Å²) in [7, 11) is 0. The van der Waals surface area contributed by atoms with Gasteiger partial charge in [-0.1, -0.05) is 48.0 Å². The Morgan fingerprint density at radius 2 is 1.68 bits per heavy atom. The lowest BCUT2D eigenvalue weighted by Crippen LogP contribution is -2.15. The lowest BCUT2D eigenvalue weighted by atomic mass is 9.98. The summed E-state index contributed by atoms with van der Waals surface area (Å²) in [6.45, 7) is 1.56. The average molecular weight is 478 g/mol. The molecule has 4 rings (SSSR count). The van der Waals surface area contributed by atoms with Crippen molar-refractivity contribution in [3.8, 4) is 11.5 Å². The van der Waals surface area contributed by atoms with E-state index in [9.17, 15) is 19.7 Å². The van der Waals surface area contributed by atoms with Gasteiger partial charge in [0.15, 0.2) is 11.9 Å². The fourth-order valence-electron chi connectivity index (χ4n) is 3.18. The van der Waals surface area contributed by atoms with Crippen LogP contribution in [0.5, 0.6) is 0 Å². The summed E-state index contributed by atoms with van der Waals surface area (Å²) in [6.07, 6.45) is -0.891. The van der Waals surface area contributed by atoms with E-state index in [-0.39, 0.29) is 33.5 Å². The Hall–Kier alpha value is -4.37. The van der Waals surface area contributed by atoms with Crippen molar-refractivity contribution in [1.82, 2.24) is 10.2 Å². The van der Waals surface area contributed by atoms with Crippen molar-refractivity contribution >= 4 is 29.0 Å². The molecule has 0 spiro atoms. The molecular formula is C24H16ClN3O6. The molecule has 0 saturated carbocycles. The van der Waals surface area contributed by atoms with Crippen LogP contribution in [0.1, 0.15) is 45.2 Å². The van der Waals surface area contributed by atoms with E-state index in [0.29, 0.717) is 5.56 Å². The zero-order valence-corrected chi connectivity index (χ0v) is 18.4. The van der Waals surface area contributed by atoms with E-state index in [0.717, 1.165) is 6.07 Å². The predicted octanol–water partition coefficient (Wildman–Crippen LogP) is 5.45. The highest BCUT2D eigenvalue weighted by molar-refractivity contribution is 6.33. The molecule has 0 bridgehead atoms. The molecule has 1 atom stereocenters. The van der Waals surface area contributed by atoms with E-state index in [2.05, 4.69) is 10.2 Å². The first-order valence-electron chi connectivity index (χ1n) is 10.0. The molecule has 10 heteroatoms. The van der Waals surface area contributed by atoms with Gasteiger partial charge in [0.1, 0.15) is 5.02 Å². The van der Waals surface area contributed by atoms with Crippen molar-refractivity contribution in [1.29, 1.82) is 0 Å². The molecular weight excluding hydrogens is 462 g/mol. The Morgan fingerprint density at radius 1 is 1.00 bits per heavy atom. The molecule has 1 unspecified atom stereocenters. The second kappa shape index (κ2) is 9.63. The number of carbonyl (C=O) groups excluding carboxylic acids is 2. The Bertz CT molecular complexity index is 1390. The molecule has 0 radical (unpaired) electrons. The molecule has 4 aromatic rings. The fraction of sp³-hybridized carbons (Fsp3) is 0.0833. The highest BCUT2D eigenvalue weighted by atomic mass is 35.5. The highest BCUT2D eigenvalue weighted by Crippen LogP contribution is 2.28. The lowest BCUT2D eigenvalue weighted by Gasteiger charge is -2.12. The molecule has 9 nitrogen and oxygen atoms in total. The van der Waals surface area contributed by atoms with E-state index in [1.165, 1.54) is 24.3 Å². The third-order valence-electron chi connectivity index (χ3n) is 4.89. The van der Waals surface area contributed by atoms with Gasteiger partial charge in [0.2, 0.25) is 5.89 Å². The number of nitro benzene ring substituents is 1. The van der Waals surface area contributed by atoms with Gasteiger partial charge in [0.25, 0.3) is 11.6 Å². The van der Waals surface area contributed by atoms with E-state index in [1.54, 1.807) is 31.2 Å². The van der Waals surface area contributed by atoms with Gasteiger partial charge < -0.3 is 9.15 Å². The van der Waals surface area contributed by atoms with Gasteiger partial charge >= 0.3 is 5.97 Å². The maximum absolute atomic E-state index is 13.1. The standard InChI is InChI=1S/C24H16ClN3O6/c1-14(22-26-27-23(34-22)15-7-3-2-4-8-15)33-24(30)18-10-6-5-9-17(18)21(29)16-11-12-19(25)20(13-16)28(31)32/h2-14H,1H3. The van der Waals surface area contributed by atoms with E-state index >= 15 is 0 Å². The molecule has 0 N–H and O–H groups in total. The molecule has 170 valence electrons. The number of nitro groups is 1. The van der Waals surface area contributed by atoms with E-state index in [1.807, 2.05) is 18.2 Å². The molecule has 0 amide bonds. The Kier molecular flexibility index (Phi) is 6.46. The number of benzene rings is 3. The molecule has 0 aliphatic heterocycles. The number of esters is 1. The number of ether oxygens (including phenoxy) is 1. The van der Waals surface area contributed by atoms with Gasteiger partial charge in [-0.2, -0.15) is 0 Å². The quantitative estimate of drug-likeness (QED) is 0.149. The topological polar surface area (TPSA) is 125 Å². The lowest BCUT2D eigenvalue weighted by molar-refractivity contribution is -0.384. The van der Waals surface area contributed by atoms with E-state index < -0.39 is 28.5 Å². The van der Waals surface area contributed by atoms with Crippen LogP contribution in [0, 0.1) is 10.1 Å². The number of hydrogen-bond donors (Lipinski definition) is 0. The molecule has 0 aliphatic carbocycles. The van der Waals surface area contributed by atoms with Crippen molar-refractivity contribution in [2.45, 2.75) is 13.0 Å². The van der Waals surface area contributed by atoms with Crippen LogP contribution in [0.15, 0.2) is 77.2 Å². The molecule has 0 fully saturated rings. The Balaban J connectivity index is 1.56. The summed E-state index contributed by atoms with van der Waals surface area (Å²) in [5.74, 6) is -1.02. The predicted molar refractivity (Wildman–Crippen MR) is 122 cm³/mol. The largest absolute Gasteiger partial charge is 0.449 e. The first kappa shape index (κ1) is 22.8. The van der Waals surface area contributed by atoms with Crippen LogP contribution >= 0.6 is 11.6 Å². The minimum Gasteiger partial charge on any atom is -0.449 e. The summed E-state index contributed by atoms with van der Waals surface area (Å²) in [6, 6.07) is 18.8. The van der Waals surface area contributed by atoms with Gasteiger partial charge in [-0.3, -0.25) is 14.9 Å². The van der Waals surface area contributed by atoms with Crippen molar-refractivity contribution in [2.24, 2.45) is 0 Å². The first-order chi connectivity index (χ1) is 16.3. The highest BCUT2D eigenvalue weighted by Gasteiger charge is 2.25. The van der Waals surface area contributed by atoms with Crippen molar-refractivity contribution in [2.75, 3.05) is 0 Å². The van der Waals surface area contributed by atoms with Crippen LogP contribution in [0.3, 0.4) is 0 Å². The van der Waals surface area contributed by atoms with Crippen LogP contribution in [0.2, 0.25) is 5.02 Å². The van der Waals surface area contributed by atoms with Crippen LogP contribution in [-0.4, -0.2) is 26.9 Å². The molecule has 0 aliphatic rings. The smallest absolute Gasteiger partial charge is 0.339 e. The van der Waals surface area contributed by atoms with Crippen molar-refractivity contribution < 1.29 is 23.7 Å². The van der Waals surface area contributed by atoms with Gasteiger partial charge in [0, 0.05) is 22.8 Å². The number of rotatable bonds is 7. The zero-order chi connectivity index (χ0) is 24.2. The minimum absolute atomic E-state index is 0.00815. The third-order valence-corrected chi connectivity index (χ3v) is 5.21. The number of ketones is 1. The maximum Gasteiger partial charge on any atom is 0.339 e. The number of carbonyl (C=O) groups is 2. The fourth-order valence-corrected chi connectivity index (χ4v) is 3.37. The summed E-state index contributed by atoms with van der Waals surface area (Å²) < 4.78 is 11.1.